The van der Waals surface area contributed by atoms with Crippen LogP contribution >= 0.6 is 0 Å². The van der Waals surface area contributed by atoms with Crippen molar-refractivity contribution in [3.8, 4) is 0 Å². The Balaban J connectivity index is 2.67. The van der Waals surface area contributed by atoms with E-state index in [4.69, 9.17) is 0 Å². The van der Waals surface area contributed by atoms with Crippen LogP contribution < -0.4 is 0 Å². The van der Waals surface area contributed by atoms with Crippen LogP contribution in [-0.4, -0.2) is 12.5 Å². The molecule has 0 spiro atoms. The molecule has 14 heavy (non-hydrogen) atoms. The van der Waals surface area contributed by atoms with Crippen LogP contribution in [0.4, 0.5) is 13.2 Å². The van der Waals surface area contributed by atoms with Crippen molar-refractivity contribution < 1.29 is 18.0 Å². The molecule has 0 amide bonds. The first-order chi connectivity index (χ1) is 6.47. The summed E-state index contributed by atoms with van der Waals surface area (Å²) >= 11 is 0. The third-order valence-electron chi connectivity index (χ3n) is 2.90. The zero-order valence-corrected chi connectivity index (χ0v) is 8.07. The molecule has 0 N–H and O–H groups in total. The molecule has 0 bridgehead atoms. The number of carbonyl (C=O) groups excluding carboxylic acids is 1. The highest BCUT2D eigenvalue weighted by Gasteiger charge is 2.42. The van der Waals surface area contributed by atoms with E-state index in [1.54, 1.807) is 0 Å². The number of carbonyl (C=O) groups is 1. The fourth-order valence-corrected chi connectivity index (χ4v) is 2.17. The average molecular weight is 208 g/mol. The molecule has 0 saturated heterocycles. The van der Waals surface area contributed by atoms with Gasteiger partial charge in [0.25, 0.3) is 0 Å². The minimum atomic E-state index is -4.22. The molecule has 1 fully saturated rings. The Bertz CT molecular complexity index is 190. The summed E-state index contributed by atoms with van der Waals surface area (Å²) in [5, 5.41) is 0. The van der Waals surface area contributed by atoms with Crippen LogP contribution in [0.2, 0.25) is 0 Å². The Labute approximate surface area is 81.7 Å². The number of rotatable bonds is 2. The molecule has 82 valence electrons. The third kappa shape index (κ3) is 3.31. The highest BCUT2D eigenvalue weighted by molar-refractivity contribution is 5.59. The lowest BCUT2D eigenvalue weighted by Crippen LogP contribution is -2.29. The van der Waals surface area contributed by atoms with Crippen LogP contribution in [0.25, 0.3) is 0 Å². The van der Waals surface area contributed by atoms with Gasteiger partial charge in [0.2, 0.25) is 0 Å². The van der Waals surface area contributed by atoms with E-state index < -0.39 is 18.0 Å². The second-order valence-electron chi connectivity index (χ2n) is 4.19. The van der Waals surface area contributed by atoms with Crippen molar-refractivity contribution in [1.82, 2.24) is 0 Å². The summed E-state index contributed by atoms with van der Waals surface area (Å²) in [5.74, 6) is 0. The normalized spacial score (nSPS) is 22.8. The maximum Gasteiger partial charge on any atom is 0.390 e. The van der Waals surface area contributed by atoms with E-state index in [2.05, 4.69) is 0 Å². The van der Waals surface area contributed by atoms with E-state index in [1.165, 1.54) is 0 Å². The summed E-state index contributed by atoms with van der Waals surface area (Å²) in [6.07, 6.45) is -0.433. The van der Waals surface area contributed by atoms with Gasteiger partial charge in [-0.2, -0.15) is 13.2 Å². The fraction of sp³-hybridized carbons (Fsp3) is 0.900. The standard InChI is InChI=1S/C10H15F3O/c11-10(12,13)7-9(8-14)5-3-1-2-4-6-9/h8H,1-7H2. The number of hydrogen-bond acceptors (Lipinski definition) is 1. The highest BCUT2D eigenvalue weighted by Crippen LogP contribution is 2.41. The molecule has 1 nitrogen and oxygen atoms in total. The number of hydrogen-bond donors (Lipinski definition) is 0. The summed E-state index contributed by atoms with van der Waals surface area (Å²) in [4.78, 5) is 10.8. The van der Waals surface area contributed by atoms with Crippen LogP contribution in [0.15, 0.2) is 0 Å². The van der Waals surface area contributed by atoms with E-state index in [1.807, 2.05) is 0 Å². The van der Waals surface area contributed by atoms with Gasteiger partial charge in [-0.25, -0.2) is 0 Å². The lowest BCUT2D eigenvalue weighted by atomic mass is 9.79. The quantitative estimate of drug-likeness (QED) is 0.501. The van der Waals surface area contributed by atoms with Gasteiger partial charge in [-0.15, -0.1) is 0 Å². The Morgan fingerprint density at radius 3 is 1.93 bits per heavy atom. The molecule has 0 aromatic heterocycles. The van der Waals surface area contributed by atoms with Crippen LogP contribution in [0, 0.1) is 5.41 Å². The van der Waals surface area contributed by atoms with Crippen molar-refractivity contribution >= 4 is 6.29 Å². The Hall–Kier alpha value is -0.540. The fourth-order valence-electron chi connectivity index (χ4n) is 2.17. The smallest absolute Gasteiger partial charge is 0.303 e. The molecule has 1 aliphatic rings. The SMILES string of the molecule is O=CC1(CC(F)(F)F)CCCCCC1. The van der Waals surface area contributed by atoms with Crippen LogP contribution in [0.3, 0.4) is 0 Å². The minimum Gasteiger partial charge on any atom is -0.303 e. The van der Waals surface area contributed by atoms with Crippen molar-refractivity contribution in [3.63, 3.8) is 0 Å². The monoisotopic (exact) mass is 208 g/mol. The maximum atomic E-state index is 12.2. The lowest BCUT2D eigenvalue weighted by Gasteiger charge is -2.27. The number of halogens is 3. The highest BCUT2D eigenvalue weighted by atomic mass is 19.4. The van der Waals surface area contributed by atoms with Crippen molar-refractivity contribution in [2.45, 2.75) is 51.1 Å². The number of alkyl halides is 3. The van der Waals surface area contributed by atoms with E-state index in [0.717, 1.165) is 25.7 Å². The van der Waals surface area contributed by atoms with E-state index in [0.29, 0.717) is 19.1 Å². The van der Waals surface area contributed by atoms with Gasteiger partial charge in [-0.3, -0.25) is 0 Å². The van der Waals surface area contributed by atoms with Crippen LogP contribution in [0.5, 0.6) is 0 Å². The van der Waals surface area contributed by atoms with E-state index >= 15 is 0 Å². The van der Waals surface area contributed by atoms with Crippen molar-refractivity contribution in [2.75, 3.05) is 0 Å². The zero-order valence-electron chi connectivity index (χ0n) is 8.07. The van der Waals surface area contributed by atoms with Crippen molar-refractivity contribution in [2.24, 2.45) is 5.41 Å². The van der Waals surface area contributed by atoms with E-state index in [9.17, 15) is 18.0 Å². The molecule has 0 radical (unpaired) electrons. The number of aldehydes is 1. The molecule has 0 heterocycles. The average Bonchev–Trinajstić information content (AvgIpc) is 2.28. The van der Waals surface area contributed by atoms with Gasteiger partial charge in [-0.05, 0) is 12.8 Å². The van der Waals surface area contributed by atoms with E-state index in [-0.39, 0.29) is 0 Å². The van der Waals surface area contributed by atoms with Gasteiger partial charge in [0, 0.05) is 5.41 Å². The van der Waals surface area contributed by atoms with Gasteiger partial charge in [0.05, 0.1) is 6.42 Å². The largest absolute Gasteiger partial charge is 0.390 e. The summed E-state index contributed by atoms with van der Waals surface area (Å²) in [7, 11) is 0. The first-order valence-corrected chi connectivity index (χ1v) is 5.01. The predicted molar refractivity (Wildman–Crippen MR) is 46.9 cm³/mol. The summed E-state index contributed by atoms with van der Waals surface area (Å²) in [6.45, 7) is 0. The second kappa shape index (κ2) is 4.32. The van der Waals surface area contributed by atoms with Gasteiger partial charge < -0.3 is 4.79 Å². The molecule has 1 aliphatic carbocycles. The molecule has 0 atom stereocenters. The van der Waals surface area contributed by atoms with Gasteiger partial charge in [0.15, 0.2) is 0 Å². The molecule has 1 rings (SSSR count). The van der Waals surface area contributed by atoms with Crippen LogP contribution in [0.1, 0.15) is 44.9 Å². The summed E-state index contributed by atoms with van der Waals surface area (Å²) < 4.78 is 36.7. The second-order valence-corrected chi connectivity index (χ2v) is 4.19. The molecular formula is C10H15F3O. The zero-order chi connectivity index (χ0) is 10.7. The van der Waals surface area contributed by atoms with Crippen molar-refractivity contribution in [1.29, 1.82) is 0 Å². The minimum absolute atomic E-state index is 0.399. The summed E-state index contributed by atoms with van der Waals surface area (Å²) in [6, 6.07) is 0. The van der Waals surface area contributed by atoms with Crippen LogP contribution in [-0.2, 0) is 4.79 Å². The topological polar surface area (TPSA) is 17.1 Å². The molecule has 0 aromatic carbocycles. The van der Waals surface area contributed by atoms with Gasteiger partial charge in [0.1, 0.15) is 6.29 Å². The third-order valence-corrected chi connectivity index (χ3v) is 2.90. The maximum absolute atomic E-state index is 12.2. The first kappa shape index (κ1) is 11.5. The molecule has 0 aromatic rings. The van der Waals surface area contributed by atoms with Crippen molar-refractivity contribution in [3.05, 3.63) is 0 Å². The molecule has 1 saturated carbocycles. The lowest BCUT2D eigenvalue weighted by molar-refractivity contribution is -0.163. The Morgan fingerprint density at radius 1 is 1.07 bits per heavy atom. The Kier molecular flexibility index (Phi) is 3.56. The van der Waals surface area contributed by atoms with Gasteiger partial charge in [-0.1, -0.05) is 25.7 Å². The molecule has 4 heteroatoms. The summed E-state index contributed by atoms with van der Waals surface area (Å²) in [5.41, 5.74) is -1.12. The molecular weight excluding hydrogens is 193 g/mol. The first-order valence-electron chi connectivity index (χ1n) is 5.01. The Morgan fingerprint density at radius 2 is 1.57 bits per heavy atom. The molecule has 0 unspecified atom stereocenters. The molecule has 0 aliphatic heterocycles. The predicted octanol–water partition coefficient (Wildman–Crippen LogP) is 3.48. The van der Waals surface area contributed by atoms with Gasteiger partial charge >= 0.3 is 6.18 Å².